The van der Waals surface area contributed by atoms with Crippen LogP contribution in [0.2, 0.25) is 0 Å². The lowest BCUT2D eigenvalue weighted by molar-refractivity contribution is 0.805. The Kier molecular flexibility index (Phi) is 5.38. The van der Waals surface area contributed by atoms with Crippen LogP contribution < -0.4 is 0 Å². The van der Waals surface area contributed by atoms with E-state index in [4.69, 9.17) is 0 Å². The van der Waals surface area contributed by atoms with E-state index >= 15 is 0 Å². The summed E-state index contributed by atoms with van der Waals surface area (Å²) in [5, 5.41) is 3.12. The molecule has 0 N–H and O–H groups in total. The zero-order valence-corrected chi connectivity index (χ0v) is 9.10. The minimum absolute atomic E-state index is 0.331. The zero-order chi connectivity index (χ0) is 10.9. The van der Waals surface area contributed by atoms with E-state index in [9.17, 15) is 4.91 Å². The topological polar surface area (TPSA) is 29.4 Å². The van der Waals surface area contributed by atoms with Crippen LogP contribution in [0.5, 0.6) is 0 Å². The molecule has 0 spiro atoms. The molecular weight excluding hydrogens is 186 g/mol. The smallest absolute Gasteiger partial charge is 0.135 e. The van der Waals surface area contributed by atoms with Crippen molar-refractivity contribution in [1.82, 2.24) is 0 Å². The van der Waals surface area contributed by atoms with Gasteiger partial charge < -0.3 is 0 Å². The summed E-state index contributed by atoms with van der Waals surface area (Å²) >= 11 is 0. The second-order valence-corrected chi connectivity index (χ2v) is 3.53. The number of nitrogens with zero attached hydrogens (tertiary/aromatic N) is 1. The maximum absolute atomic E-state index is 10.7. The van der Waals surface area contributed by atoms with Crippen LogP contribution in [0, 0.1) is 4.91 Å². The summed E-state index contributed by atoms with van der Waals surface area (Å²) in [6.45, 7) is 2.15. The van der Waals surface area contributed by atoms with Crippen molar-refractivity contribution in [3.63, 3.8) is 0 Å². The van der Waals surface area contributed by atoms with Gasteiger partial charge in [0.15, 0.2) is 0 Å². The van der Waals surface area contributed by atoms with Crippen LogP contribution in [-0.4, -0.2) is 0 Å². The van der Waals surface area contributed by atoms with E-state index in [0.29, 0.717) is 0 Å². The second kappa shape index (κ2) is 6.93. The van der Waals surface area contributed by atoms with Crippen molar-refractivity contribution in [3.8, 4) is 0 Å². The molecule has 1 atom stereocenters. The molecule has 2 heteroatoms. The predicted octanol–water partition coefficient (Wildman–Crippen LogP) is 4.24. The van der Waals surface area contributed by atoms with Gasteiger partial charge in [-0.25, -0.2) is 0 Å². The molecule has 0 saturated heterocycles. The molecule has 1 rings (SSSR count). The normalized spacial score (nSPS) is 12.9. The third-order valence-corrected chi connectivity index (χ3v) is 2.30. The Morgan fingerprint density at radius 1 is 1.33 bits per heavy atom. The summed E-state index contributed by atoms with van der Waals surface area (Å²) in [6, 6.07) is 9.31. The Labute approximate surface area is 91.0 Å². The Balaban J connectivity index is 2.57. The summed E-state index contributed by atoms with van der Waals surface area (Å²) < 4.78 is 0. The molecule has 0 heterocycles. The Morgan fingerprint density at radius 2 is 2.07 bits per heavy atom. The van der Waals surface area contributed by atoms with E-state index in [0.717, 1.165) is 18.4 Å². The molecule has 0 aliphatic carbocycles. The van der Waals surface area contributed by atoms with Gasteiger partial charge in [0, 0.05) is 0 Å². The number of nitroso groups, excluding NO2 is 1. The SMILES string of the molecule is CCCC/C=C/C(N=O)c1ccccc1. The third-order valence-electron chi connectivity index (χ3n) is 2.30. The molecule has 0 aliphatic heterocycles. The number of hydrogen-bond acceptors (Lipinski definition) is 2. The van der Waals surface area contributed by atoms with Gasteiger partial charge >= 0.3 is 0 Å². The predicted molar refractivity (Wildman–Crippen MR) is 63.6 cm³/mol. The second-order valence-electron chi connectivity index (χ2n) is 3.53. The molecule has 80 valence electrons. The van der Waals surface area contributed by atoms with Crippen LogP contribution in [-0.2, 0) is 0 Å². The minimum atomic E-state index is -0.331. The van der Waals surface area contributed by atoms with Crippen LogP contribution in [0.25, 0.3) is 0 Å². The van der Waals surface area contributed by atoms with E-state index < -0.39 is 0 Å². The third kappa shape index (κ3) is 4.07. The van der Waals surface area contributed by atoms with E-state index in [2.05, 4.69) is 12.1 Å². The number of allylic oxidation sites excluding steroid dienone is 1. The van der Waals surface area contributed by atoms with Crippen LogP contribution in [0.1, 0.15) is 37.8 Å². The minimum Gasteiger partial charge on any atom is -0.150 e. The highest BCUT2D eigenvalue weighted by molar-refractivity contribution is 5.23. The summed E-state index contributed by atoms with van der Waals surface area (Å²) in [4.78, 5) is 10.7. The Bertz CT molecular complexity index is 306. The van der Waals surface area contributed by atoms with Gasteiger partial charge in [-0.3, -0.25) is 0 Å². The first kappa shape index (κ1) is 11.6. The van der Waals surface area contributed by atoms with Crippen molar-refractivity contribution < 1.29 is 0 Å². The van der Waals surface area contributed by atoms with E-state index in [1.165, 1.54) is 6.42 Å². The fourth-order valence-corrected chi connectivity index (χ4v) is 1.40. The van der Waals surface area contributed by atoms with Crippen molar-refractivity contribution in [2.45, 2.75) is 32.2 Å². The number of rotatable bonds is 6. The van der Waals surface area contributed by atoms with Gasteiger partial charge in [-0.1, -0.05) is 67.4 Å². The van der Waals surface area contributed by atoms with Crippen LogP contribution >= 0.6 is 0 Å². The van der Waals surface area contributed by atoms with E-state index in [-0.39, 0.29) is 6.04 Å². The number of hydrogen-bond donors (Lipinski definition) is 0. The molecule has 1 unspecified atom stereocenters. The highest BCUT2D eigenvalue weighted by atomic mass is 16.3. The first-order valence-corrected chi connectivity index (χ1v) is 5.42. The fraction of sp³-hybridized carbons (Fsp3) is 0.385. The van der Waals surface area contributed by atoms with Crippen molar-refractivity contribution in [2.24, 2.45) is 5.18 Å². The Morgan fingerprint density at radius 3 is 2.67 bits per heavy atom. The lowest BCUT2D eigenvalue weighted by Crippen LogP contribution is -1.89. The van der Waals surface area contributed by atoms with Crippen LogP contribution in [0.4, 0.5) is 0 Å². The Hall–Kier alpha value is -1.44. The monoisotopic (exact) mass is 203 g/mol. The molecule has 0 aromatic heterocycles. The molecule has 0 saturated carbocycles. The molecule has 15 heavy (non-hydrogen) atoms. The van der Waals surface area contributed by atoms with Crippen molar-refractivity contribution in [3.05, 3.63) is 53.0 Å². The van der Waals surface area contributed by atoms with Gasteiger partial charge in [0.25, 0.3) is 0 Å². The molecule has 0 fully saturated rings. The quantitative estimate of drug-likeness (QED) is 0.386. The van der Waals surface area contributed by atoms with Crippen molar-refractivity contribution in [1.29, 1.82) is 0 Å². The molecule has 0 bridgehead atoms. The lowest BCUT2D eigenvalue weighted by Gasteiger charge is -2.02. The zero-order valence-electron chi connectivity index (χ0n) is 9.10. The first-order chi connectivity index (χ1) is 7.38. The largest absolute Gasteiger partial charge is 0.150 e. The van der Waals surface area contributed by atoms with Gasteiger partial charge in [-0.05, 0) is 12.0 Å². The van der Waals surface area contributed by atoms with Crippen LogP contribution in [0.15, 0.2) is 47.7 Å². The van der Waals surface area contributed by atoms with Gasteiger partial charge in [-0.15, -0.1) is 4.91 Å². The molecular formula is C13H17NO. The average Bonchev–Trinajstić information content (AvgIpc) is 2.30. The molecule has 0 amide bonds. The standard InChI is InChI=1S/C13H17NO/c1-2-3-4-8-11-13(14-15)12-9-6-5-7-10-12/h5-11,13H,2-4H2,1H3/b11-8+. The first-order valence-electron chi connectivity index (χ1n) is 5.42. The fourth-order valence-electron chi connectivity index (χ4n) is 1.40. The van der Waals surface area contributed by atoms with Gasteiger partial charge in [0.1, 0.15) is 6.04 Å². The molecule has 0 radical (unpaired) electrons. The molecule has 1 aromatic carbocycles. The molecule has 2 nitrogen and oxygen atoms in total. The van der Waals surface area contributed by atoms with Gasteiger partial charge in [0.2, 0.25) is 0 Å². The molecule has 1 aromatic rings. The highest BCUT2D eigenvalue weighted by Crippen LogP contribution is 2.18. The summed E-state index contributed by atoms with van der Waals surface area (Å²) in [7, 11) is 0. The number of unbranched alkanes of at least 4 members (excludes halogenated alkanes) is 2. The van der Waals surface area contributed by atoms with E-state index in [1.807, 2.05) is 42.5 Å². The average molecular weight is 203 g/mol. The van der Waals surface area contributed by atoms with Crippen molar-refractivity contribution in [2.75, 3.05) is 0 Å². The maximum atomic E-state index is 10.7. The summed E-state index contributed by atoms with van der Waals surface area (Å²) in [5.41, 5.74) is 0.959. The lowest BCUT2D eigenvalue weighted by atomic mass is 10.1. The molecule has 0 aliphatic rings. The van der Waals surface area contributed by atoms with E-state index in [1.54, 1.807) is 0 Å². The van der Waals surface area contributed by atoms with Gasteiger partial charge in [0.05, 0.1) is 0 Å². The maximum Gasteiger partial charge on any atom is 0.135 e. The van der Waals surface area contributed by atoms with Crippen LogP contribution in [0.3, 0.4) is 0 Å². The number of benzene rings is 1. The summed E-state index contributed by atoms with van der Waals surface area (Å²) in [6.07, 6.45) is 7.29. The van der Waals surface area contributed by atoms with Crippen molar-refractivity contribution >= 4 is 0 Å². The van der Waals surface area contributed by atoms with Gasteiger partial charge in [-0.2, -0.15) is 0 Å². The highest BCUT2D eigenvalue weighted by Gasteiger charge is 2.05. The summed E-state index contributed by atoms with van der Waals surface area (Å²) in [5.74, 6) is 0.